The maximum atomic E-state index is 12.3. The quantitative estimate of drug-likeness (QED) is 0.763. The van der Waals surface area contributed by atoms with E-state index in [4.69, 9.17) is 9.88 Å². The molecule has 8 nitrogen and oxygen atoms in total. The summed E-state index contributed by atoms with van der Waals surface area (Å²) in [6.45, 7) is 2.49. The van der Waals surface area contributed by atoms with Gasteiger partial charge in [-0.3, -0.25) is 0 Å². The number of sulfonamides is 1. The maximum Gasteiger partial charge on any atom is 0.238 e. The van der Waals surface area contributed by atoms with Crippen LogP contribution >= 0.6 is 0 Å². The molecule has 10 heteroatoms. The van der Waals surface area contributed by atoms with Crippen molar-refractivity contribution in [2.75, 3.05) is 49.3 Å². The van der Waals surface area contributed by atoms with Crippen LogP contribution in [0.5, 0.6) is 5.75 Å². The van der Waals surface area contributed by atoms with Gasteiger partial charge in [-0.1, -0.05) is 12.1 Å². The molecule has 1 saturated heterocycles. The van der Waals surface area contributed by atoms with Crippen molar-refractivity contribution >= 4 is 31.2 Å². The van der Waals surface area contributed by atoms with Gasteiger partial charge in [-0.25, -0.2) is 22.0 Å². The Labute approximate surface area is 165 Å². The van der Waals surface area contributed by atoms with E-state index in [9.17, 15) is 16.8 Å². The number of hydrogen-bond donors (Lipinski definition) is 1. The van der Waals surface area contributed by atoms with Crippen LogP contribution in [0.1, 0.15) is 0 Å². The minimum atomic E-state index is -3.99. The molecule has 2 aromatic rings. The SMILES string of the molecule is COc1ccccc1N1CCN(c2ccc(S(N)(=O)=O)cc2S(C)(=O)=O)CC1. The summed E-state index contributed by atoms with van der Waals surface area (Å²) < 4.78 is 53.1. The molecule has 0 bridgehead atoms. The van der Waals surface area contributed by atoms with Crippen molar-refractivity contribution in [2.24, 2.45) is 5.14 Å². The summed E-state index contributed by atoms with van der Waals surface area (Å²) in [7, 11) is -6.00. The highest BCUT2D eigenvalue weighted by molar-refractivity contribution is 7.91. The number of sulfone groups is 1. The van der Waals surface area contributed by atoms with Gasteiger partial charge in [0.1, 0.15) is 5.75 Å². The van der Waals surface area contributed by atoms with Gasteiger partial charge in [-0.15, -0.1) is 0 Å². The summed E-state index contributed by atoms with van der Waals surface area (Å²) in [5.41, 5.74) is 1.46. The smallest absolute Gasteiger partial charge is 0.238 e. The third kappa shape index (κ3) is 4.23. The largest absolute Gasteiger partial charge is 0.495 e. The zero-order valence-corrected chi connectivity index (χ0v) is 17.3. The van der Waals surface area contributed by atoms with Gasteiger partial charge in [0.2, 0.25) is 10.0 Å². The van der Waals surface area contributed by atoms with Crippen molar-refractivity contribution in [1.29, 1.82) is 0 Å². The average molecular weight is 426 g/mol. The van der Waals surface area contributed by atoms with Crippen LogP contribution in [0.15, 0.2) is 52.3 Å². The summed E-state index contributed by atoms with van der Waals surface area (Å²) in [6.07, 6.45) is 1.06. The van der Waals surface area contributed by atoms with Crippen LogP contribution in [0, 0.1) is 0 Å². The fourth-order valence-electron chi connectivity index (χ4n) is 3.31. The summed E-state index contributed by atoms with van der Waals surface area (Å²) >= 11 is 0. The normalized spacial score (nSPS) is 15.5. The van der Waals surface area contributed by atoms with E-state index in [2.05, 4.69) is 4.90 Å². The number of rotatable bonds is 5. The Balaban J connectivity index is 1.88. The zero-order valence-electron chi connectivity index (χ0n) is 15.7. The van der Waals surface area contributed by atoms with Gasteiger partial charge in [-0.05, 0) is 30.3 Å². The topological polar surface area (TPSA) is 110 Å². The molecule has 0 unspecified atom stereocenters. The first kappa shape index (κ1) is 20.4. The molecular weight excluding hydrogens is 402 g/mol. The van der Waals surface area contributed by atoms with Crippen molar-refractivity contribution in [3.05, 3.63) is 42.5 Å². The molecular formula is C18H23N3O5S2. The van der Waals surface area contributed by atoms with Gasteiger partial charge >= 0.3 is 0 Å². The highest BCUT2D eigenvalue weighted by atomic mass is 32.2. The van der Waals surface area contributed by atoms with E-state index in [1.807, 2.05) is 29.2 Å². The van der Waals surface area contributed by atoms with Crippen LogP contribution < -0.4 is 19.7 Å². The average Bonchev–Trinajstić information content (AvgIpc) is 2.66. The molecule has 152 valence electrons. The molecule has 28 heavy (non-hydrogen) atoms. The monoisotopic (exact) mass is 425 g/mol. The number of piperazine rings is 1. The Bertz CT molecular complexity index is 1080. The molecule has 1 aliphatic rings. The first-order valence-electron chi connectivity index (χ1n) is 8.61. The van der Waals surface area contributed by atoms with Gasteiger partial charge in [0.05, 0.1) is 28.3 Å². The Kier molecular flexibility index (Phi) is 5.55. The summed E-state index contributed by atoms with van der Waals surface area (Å²) in [6, 6.07) is 11.7. The molecule has 0 atom stereocenters. The molecule has 0 saturated carbocycles. The number of benzene rings is 2. The summed E-state index contributed by atoms with van der Waals surface area (Å²) in [4.78, 5) is 3.86. The Morgan fingerprint density at radius 2 is 1.46 bits per heavy atom. The van der Waals surface area contributed by atoms with Gasteiger partial charge in [0, 0.05) is 32.4 Å². The number of hydrogen-bond acceptors (Lipinski definition) is 7. The highest BCUT2D eigenvalue weighted by Crippen LogP contribution is 2.32. The van der Waals surface area contributed by atoms with Gasteiger partial charge in [-0.2, -0.15) is 0 Å². The Hall–Kier alpha value is -2.30. The van der Waals surface area contributed by atoms with Crippen molar-refractivity contribution in [3.8, 4) is 5.75 Å². The van der Waals surface area contributed by atoms with E-state index in [1.165, 1.54) is 12.1 Å². The van der Waals surface area contributed by atoms with Gasteiger partial charge in [0.25, 0.3) is 0 Å². The zero-order chi connectivity index (χ0) is 20.5. The number of ether oxygens (including phenoxy) is 1. The molecule has 2 N–H and O–H groups in total. The third-order valence-corrected chi connectivity index (χ3v) is 6.74. The second kappa shape index (κ2) is 7.61. The standard InChI is InChI=1S/C18H23N3O5S2/c1-26-17-6-4-3-5-15(17)20-9-11-21(12-10-20)16-8-7-14(28(19,24)25)13-18(16)27(2,22)23/h3-8,13H,9-12H2,1-2H3,(H2,19,24,25). The molecule has 3 rings (SSSR count). The number of nitrogens with zero attached hydrogens (tertiary/aromatic N) is 2. The molecule has 2 aromatic carbocycles. The first-order valence-corrected chi connectivity index (χ1v) is 12.0. The maximum absolute atomic E-state index is 12.3. The lowest BCUT2D eigenvalue weighted by atomic mass is 10.2. The first-order chi connectivity index (χ1) is 13.1. The number of methoxy groups -OCH3 is 1. The van der Waals surface area contributed by atoms with Crippen LogP contribution in [0.2, 0.25) is 0 Å². The van der Waals surface area contributed by atoms with Crippen LogP contribution in [0.25, 0.3) is 0 Å². The third-order valence-electron chi connectivity index (χ3n) is 4.71. The predicted molar refractivity (Wildman–Crippen MR) is 108 cm³/mol. The fraction of sp³-hybridized carbons (Fsp3) is 0.333. The second-order valence-electron chi connectivity index (χ2n) is 6.59. The fourth-order valence-corrected chi connectivity index (χ4v) is 4.84. The molecule has 1 aliphatic heterocycles. The minimum Gasteiger partial charge on any atom is -0.495 e. The Morgan fingerprint density at radius 1 is 0.893 bits per heavy atom. The van der Waals surface area contributed by atoms with Crippen LogP contribution in [-0.2, 0) is 19.9 Å². The second-order valence-corrected chi connectivity index (χ2v) is 10.1. The molecule has 0 aromatic heterocycles. The molecule has 0 amide bonds. The van der Waals surface area contributed by atoms with E-state index >= 15 is 0 Å². The Morgan fingerprint density at radius 3 is 2.00 bits per heavy atom. The van der Waals surface area contributed by atoms with Crippen LogP contribution in [-0.4, -0.2) is 56.4 Å². The molecule has 1 heterocycles. The number of primary sulfonamides is 1. The van der Waals surface area contributed by atoms with E-state index in [0.717, 1.165) is 23.8 Å². The highest BCUT2D eigenvalue weighted by Gasteiger charge is 2.25. The lowest BCUT2D eigenvalue weighted by Crippen LogP contribution is -2.47. The number of nitrogens with two attached hydrogens (primary N) is 1. The van der Waals surface area contributed by atoms with Gasteiger partial charge < -0.3 is 14.5 Å². The number of para-hydroxylation sites is 2. The van der Waals surface area contributed by atoms with E-state index in [-0.39, 0.29) is 9.79 Å². The molecule has 0 spiro atoms. The van der Waals surface area contributed by atoms with Crippen LogP contribution in [0.3, 0.4) is 0 Å². The number of anilines is 2. The van der Waals surface area contributed by atoms with Crippen molar-refractivity contribution in [2.45, 2.75) is 9.79 Å². The predicted octanol–water partition coefficient (Wildman–Crippen LogP) is 1.07. The molecule has 1 fully saturated rings. The molecule has 0 aliphatic carbocycles. The van der Waals surface area contributed by atoms with E-state index < -0.39 is 19.9 Å². The van der Waals surface area contributed by atoms with E-state index in [1.54, 1.807) is 7.11 Å². The lowest BCUT2D eigenvalue weighted by Gasteiger charge is -2.38. The van der Waals surface area contributed by atoms with E-state index in [0.29, 0.717) is 31.9 Å². The van der Waals surface area contributed by atoms with Crippen molar-refractivity contribution in [3.63, 3.8) is 0 Å². The minimum absolute atomic E-state index is 0.0373. The lowest BCUT2D eigenvalue weighted by molar-refractivity contribution is 0.413. The van der Waals surface area contributed by atoms with Gasteiger partial charge in [0.15, 0.2) is 9.84 Å². The van der Waals surface area contributed by atoms with Crippen LogP contribution in [0.4, 0.5) is 11.4 Å². The summed E-state index contributed by atoms with van der Waals surface area (Å²) in [5.74, 6) is 0.783. The summed E-state index contributed by atoms with van der Waals surface area (Å²) in [5, 5.41) is 5.15. The van der Waals surface area contributed by atoms with Crippen molar-refractivity contribution in [1.82, 2.24) is 0 Å². The van der Waals surface area contributed by atoms with Crippen molar-refractivity contribution < 1.29 is 21.6 Å². The molecule has 0 radical (unpaired) electrons.